The summed E-state index contributed by atoms with van der Waals surface area (Å²) in [7, 11) is 0. The molecule has 108 valence electrons. The molecule has 0 atom stereocenters. The molecule has 0 aliphatic heterocycles. The van der Waals surface area contributed by atoms with Crippen molar-refractivity contribution in [2.75, 3.05) is 11.9 Å². The quantitative estimate of drug-likeness (QED) is 0.828. The largest absolute Gasteiger partial charge is 0.483 e. The minimum absolute atomic E-state index is 0.177. The van der Waals surface area contributed by atoms with Gasteiger partial charge >= 0.3 is 0 Å². The van der Waals surface area contributed by atoms with Crippen LogP contribution in [0.5, 0.6) is 5.75 Å². The van der Waals surface area contributed by atoms with E-state index in [0.717, 1.165) is 17.8 Å². The molecule has 1 N–H and O–H groups in total. The van der Waals surface area contributed by atoms with Crippen LogP contribution >= 0.6 is 11.3 Å². The van der Waals surface area contributed by atoms with Gasteiger partial charge in [-0.3, -0.25) is 14.9 Å². The number of ether oxygens (including phenoxy) is 1. The van der Waals surface area contributed by atoms with Gasteiger partial charge in [-0.1, -0.05) is 23.5 Å². The molecule has 0 bridgehead atoms. The van der Waals surface area contributed by atoms with Crippen LogP contribution in [0.25, 0.3) is 0 Å². The predicted octanol–water partition coefficient (Wildman–Crippen LogP) is 2.25. The number of anilines is 1. The van der Waals surface area contributed by atoms with E-state index in [1.807, 2.05) is 0 Å². The van der Waals surface area contributed by atoms with Crippen molar-refractivity contribution < 1.29 is 14.3 Å². The van der Waals surface area contributed by atoms with Crippen LogP contribution in [0.1, 0.15) is 34.1 Å². The smallest absolute Gasteiger partial charge is 0.264 e. The normalized spacial score (nSPS) is 13.7. The van der Waals surface area contributed by atoms with E-state index < -0.39 is 0 Å². The van der Waals surface area contributed by atoms with Crippen LogP contribution in [0.4, 0.5) is 5.13 Å². The highest BCUT2D eigenvalue weighted by Gasteiger charge is 2.27. The van der Waals surface area contributed by atoms with Gasteiger partial charge in [0.25, 0.3) is 5.91 Å². The minimum Gasteiger partial charge on any atom is -0.483 e. The molecule has 0 radical (unpaired) electrons. The Morgan fingerprint density at radius 2 is 2.19 bits per heavy atom. The van der Waals surface area contributed by atoms with Crippen molar-refractivity contribution in [1.82, 2.24) is 10.2 Å². The van der Waals surface area contributed by atoms with Crippen molar-refractivity contribution in [3.8, 4) is 5.75 Å². The summed E-state index contributed by atoms with van der Waals surface area (Å²) in [6.45, 7) is -0.177. The molecule has 1 amide bonds. The van der Waals surface area contributed by atoms with E-state index in [4.69, 9.17) is 4.74 Å². The second-order valence-electron chi connectivity index (χ2n) is 4.71. The van der Waals surface area contributed by atoms with Crippen molar-refractivity contribution in [3.63, 3.8) is 0 Å². The van der Waals surface area contributed by atoms with E-state index in [-0.39, 0.29) is 12.5 Å². The van der Waals surface area contributed by atoms with Crippen LogP contribution in [0.3, 0.4) is 0 Å². The molecule has 1 heterocycles. The molecule has 21 heavy (non-hydrogen) atoms. The van der Waals surface area contributed by atoms with E-state index in [9.17, 15) is 9.59 Å². The van der Waals surface area contributed by atoms with Gasteiger partial charge in [0.05, 0.1) is 5.56 Å². The second kappa shape index (κ2) is 6.01. The first-order chi connectivity index (χ1) is 10.3. The van der Waals surface area contributed by atoms with Crippen molar-refractivity contribution in [3.05, 3.63) is 34.8 Å². The number of aromatic nitrogens is 2. The Hall–Kier alpha value is -2.28. The summed E-state index contributed by atoms with van der Waals surface area (Å²) in [5.41, 5.74) is 0.414. The van der Waals surface area contributed by atoms with Crippen molar-refractivity contribution in [2.45, 2.75) is 18.8 Å². The van der Waals surface area contributed by atoms with Gasteiger partial charge in [-0.25, -0.2) is 0 Å². The van der Waals surface area contributed by atoms with E-state index in [0.29, 0.717) is 28.6 Å². The summed E-state index contributed by atoms with van der Waals surface area (Å²) in [6, 6.07) is 6.75. The fourth-order valence-corrected chi connectivity index (χ4v) is 2.72. The zero-order valence-corrected chi connectivity index (χ0v) is 11.9. The summed E-state index contributed by atoms with van der Waals surface area (Å²) >= 11 is 1.40. The third-order valence-electron chi connectivity index (χ3n) is 3.02. The van der Waals surface area contributed by atoms with Crippen LogP contribution < -0.4 is 10.1 Å². The Labute approximate surface area is 125 Å². The molecule has 1 fully saturated rings. The molecule has 0 unspecified atom stereocenters. The van der Waals surface area contributed by atoms with Gasteiger partial charge in [0.2, 0.25) is 5.13 Å². The lowest BCUT2D eigenvalue weighted by atomic mass is 10.2. The zero-order valence-electron chi connectivity index (χ0n) is 11.1. The first kappa shape index (κ1) is 13.7. The second-order valence-corrected chi connectivity index (χ2v) is 5.72. The van der Waals surface area contributed by atoms with Crippen molar-refractivity contribution in [2.24, 2.45) is 0 Å². The van der Waals surface area contributed by atoms with Crippen LogP contribution in [-0.2, 0) is 4.79 Å². The lowest BCUT2D eigenvalue weighted by Gasteiger charge is -2.07. The van der Waals surface area contributed by atoms with Crippen molar-refractivity contribution in [1.29, 1.82) is 0 Å². The minimum atomic E-state index is -0.325. The maximum Gasteiger partial charge on any atom is 0.264 e. The van der Waals surface area contributed by atoms with E-state index in [2.05, 4.69) is 15.5 Å². The number of benzene rings is 1. The number of carbonyl (C=O) groups is 2. The molecule has 1 saturated carbocycles. The average Bonchev–Trinajstić information content (AvgIpc) is 3.26. The van der Waals surface area contributed by atoms with Gasteiger partial charge in [-0.05, 0) is 25.0 Å². The molecular weight excluding hydrogens is 290 g/mol. The highest BCUT2D eigenvalue weighted by Crippen LogP contribution is 2.41. The Kier molecular flexibility index (Phi) is 3.92. The molecule has 2 aromatic rings. The number of hydrogen-bond acceptors (Lipinski definition) is 6. The number of nitrogens with zero attached hydrogens (tertiary/aromatic N) is 2. The topological polar surface area (TPSA) is 81.2 Å². The number of hydrogen-bond donors (Lipinski definition) is 1. The number of para-hydroxylation sites is 1. The molecule has 1 aromatic carbocycles. The maximum atomic E-state index is 11.8. The first-order valence-corrected chi connectivity index (χ1v) is 7.38. The lowest BCUT2D eigenvalue weighted by molar-refractivity contribution is -0.118. The summed E-state index contributed by atoms with van der Waals surface area (Å²) in [4.78, 5) is 22.6. The van der Waals surface area contributed by atoms with Crippen LogP contribution in [0.15, 0.2) is 24.3 Å². The zero-order chi connectivity index (χ0) is 14.7. The number of aldehydes is 1. The highest BCUT2D eigenvalue weighted by atomic mass is 32.1. The summed E-state index contributed by atoms with van der Waals surface area (Å²) in [5, 5.41) is 12.1. The Morgan fingerprint density at radius 1 is 1.38 bits per heavy atom. The van der Waals surface area contributed by atoms with Gasteiger partial charge in [0, 0.05) is 5.92 Å². The molecule has 3 rings (SSSR count). The monoisotopic (exact) mass is 303 g/mol. The van der Waals surface area contributed by atoms with Gasteiger partial charge in [-0.2, -0.15) is 0 Å². The Balaban J connectivity index is 1.54. The van der Waals surface area contributed by atoms with Gasteiger partial charge < -0.3 is 4.74 Å². The first-order valence-electron chi connectivity index (χ1n) is 6.56. The Bertz CT molecular complexity index is 667. The molecule has 1 aliphatic carbocycles. The summed E-state index contributed by atoms with van der Waals surface area (Å²) < 4.78 is 5.34. The highest BCUT2D eigenvalue weighted by molar-refractivity contribution is 7.15. The van der Waals surface area contributed by atoms with Crippen LogP contribution in [-0.4, -0.2) is 29.0 Å². The Morgan fingerprint density at radius 3 is 2.95 bits per heavy atom. The van der Waals surface area contributed by atoms with Gasteiger partial charge in [0.15, 0.2) is 12.9 Å². The summed E-state index contributed by atoms with van der Waals surface area (Å²) in [6.07, 6.45) is 2.99. The maximum absolute atomic E-state index is 11.8. The van der Waals surface area contributed by atoms with E-state index in [1.54, 1.807) is 24.3 Å². The molecule has 7 heteroatoms. The third kappa shape index (κ3) is 3.43. The average molecular weight is 303 g/mol. The van der Waals surface area contributed by atoms with E-state index in [1.165, 1.54) is 11.3 Å². The molecule has 6 nitrogen and oxygen atoms in total. The standard InChI is InChI=1S/C14H13N3O3S/c18-7-10-3-1-2-4-11(10)20-8-12(19)15-14-17-16-13(21-14)9-5-6-9/h1-4,7,9H,5-6,8H2,(H,15,17,19). The molecular formula is C14H13N3O3S. The number of nitrogens with one attached hydrogen (secondary N) is 1. The molecule has 1 aromatic heterocycles. The molecule has 1 aliphatic rings. The van der Waals surface area contributed by atoms with Crippen molar-refractivity contribution >= 4 is 28.7 Å². The SMILES string of the molecule is O=Cc1ccccc1OCC(=O)Nc1nnc(C2CC2)s1. The fraction of sp³-hybridized carbons (Fsp3) is 0.286. The number of carbonyl (C=O) groups excluding carboxylic acids is 2. The fourth-order valence-electron chi connectivity index (χ4n) is 1.79. The summed E-state index contributed by atoms with van der Waals surface area (Å²) in [5.74, 6) is 0.580. The van der Waals surface area contributed by atoms with Gasteiger partial charge in [-0.15, -0.1) is 10.2 Å². The lowest BCUT2D eigenvalue weighted by Crippen LogP contribution is -2.20. The van der Waals surface area contributed by atoms with Crippen LogP contribution in [0.2, 0.25) is 0 Å². The molecule has 0 spiro atoms. The molecule has 0 saturated heterocycles. The van der Waals surface area contributed by atoms with Crippen LogP contribution in [0, 0.1) is 0 Å². The van der Waals surface area contributed by atoms with E-state index >= 15 is 0 Å². The number of rotatable bonds is 6. The number of amides is 1. The third-order valence-corrected chi connectivity index (χ3v) is 4.02. The predicted molar refractivity (Wildman–Crippen MR) is 77.8 cm³/mol. The van der Waals surface area contributed by atoms with Gasteiger partial charge in [0.1, 0.15) is 10.8 Å².